The summed E-state index contributed by atoms with van der Waals surface area (Å²) >= 11 is 0. The minimum Gasteiger partial charge on any atom is -0.481 e. The van der Waals surface area contributed by atoms with Crippen LogP contribution in [0.5, 0.6) is 0 Å². The van der Waals surface area contributed by atoms with Gasteiger partial charge >= 0.3 is 5.97 Å². The second-order valence-electron chi connectivity index (χ2n) is 4.57. The van der Waals surface area contributed by atoms with Crippen molar-refractivity contribution in [2.45, 2.75) is 20.3 Å². The molecule has 1 aromatic carbocycles. The highest BCUT2D eigenvalue weighted by Gasteiger charge is 2.16. The van der Waals surface area contributed by atoms with Crippen molar-refractivity contribution in [3.05, 3.63) is 41.7 Å². The first kappa shape index (κ1) is 12.4. The zero-order valence-electron chi connectivity index (χ0n) is 10.5. The Kier molecular flexibility index (Phi) is 3.46. The topological polar surface area (TPSA) is 66.0 Å². The molecule has 0 aliphatic carbocycles. The summed E-state index contributed by atoms with van der Waals surface area (Å²) in [6.45, 7) is 3.73. The monoisotopic (exact) mass is 244 g/mol. The molecule has 0 spiro atoms. The molecule has 1 aromatic heterocycles. The van der Waals surface area contributed by atoms with Crippen molar-refractivity contribution in [3.8, 4) is 11.1 Å². The van der Waals surface area contributed by atoms with Crippen LogP contribution in [0.15, 0.2) is 30.5 Å². The van der Waals surface area contributed by atoms with Crippen LogP contribution in [0.1, 0.15) is 18.2 Å². The Morgan fingerprint density at radius 1 is 1.39 bits per heavy atom. The highest BCUT2D eigenvalue weighted by Crippen LogP contribution is 2.24. The normalized spacial score (nSPS) is 12.3. The van der Waals surface area contributed by atoms with Gasteiger partial charge in [-0.05, 0) is 12.5 Å². The number of nitrogens with zero attached hydrogens (tertiary/aromatic N) is 1. The van der Waals surface area contributed by atoms with E-state index in [1.54, 1.807) is 13.1 Å². The Morgan fingerprint density at radius 2 is 2.06 bits per heavy atom. The Bertz CT molecular complexity index is 543. The van der Waals surface area contributed by atoms with Gasteiger partial charge < -0.3 is 5.11 Å². The second-order valence-corrected chi connectivity index (χ2v) is 4.57. The van der Waals surface area contributed by atoms with E-state index in [0.29, 0.717) is 6.42 Å². The predicted molar refractivity (Wildman–Crippen MR) is 69.3 cm³/mol. The van der Waals surface area contributed by atoms with E-state index < -0.39 is 11.9 Å². The first-order valence-corrected chi connectivity index (χ1v) is 5.90. The van der Waals surface area contributed by atoms with Gasteiger partial charge in [-0.15, -0.1) is 0 Å². The number of carboxylic acids is 1. The van der Waals surface area contributed by atoms with E-state index in [1.165, 1.54) is 5.56 Å². The number of aryl methyl sites for hydroxylation is 1. The highest BCUT2D eigenvalue weighted by atomic mass is 16.4. The van der Waals surface area contributed by atoms with Crippen LogP contribution in [0.2, 0.25) is 0 Å². The van der Waals surface area contributed by atoms with Crippen LogP contribution < -0.4 is 0 Å². The van der Waals surface area contributed by atoms with Crippen molar-refractivity contribution in [1.29, 1.82) is 0 Å². The van der Waals surface area contributed by atoms with E-state index in [2.05, 4.69) is 10.2 Å². The maximum Gasteiger partial charge on any atom is 0.306 e. The number of nitrogens with one attached hydrogen (secondary N) is 1. The summed E-state index contributed by atoms with van der Waals surface area (Å²) in [6.07, 6.45) is 2.20. The Balaban J connectivity index is 2.27. The van der Waals surface area contributed by atoms with Gasteiger partial charge in [-0.1, -0.05) is 36.8 Å². The van der Waals surface area contributed by atoms with Gasteiger partial charge in [0.1, 0.15) is 0 Å². The van der Waals surface area contributed by atoms with Crippen molar-refractivity contribution in [2.75, 3.05) is 0 Å². The fourth-order valence-corrected chi connectivity index (χ4v) is 1.84. The molecule has 1 unspecified atom stereocenters. The van der Waals surface area contributed by atoms with E-state index in [9.17, 15) is 4.79 Å². The van der Waals surface area contributed by atoms with Crippen molar-refractivity contribution in [3.63, 3.8) is 0 Å². The molecule has 1 atom stereocenters. The van der Waals surface area contributed by atoms with Gasteiger partial charge in [-0.2, -0.15) is 5.10 Å². The minimum atomic E-state index is -0.792. The number of aromatic amines is 1. The molecule has 0 aliphatic heterocycles. The van der Waals surface area contributed by atoms with E-state index in [4.69, 9.17) is 5.11 Å². The Labute approximate surface area is 106 Å². The molecule has 1 heterocycles. The molecule has 0 aliphatic rings. The molecule has 0 amide bonds. The molecule has 0 fully saturated rings. The lowest BCUT2D eigenvalue weighted by molar-refractivity contribution is -0.141. The standard InChI is InChI=1S/C14H16N2O2/c1-9-3-5-11(6-4-9)12-8-15-16-13(12)7-10(2)14(17)18/h3-6,8,10H,7H2,1-2H3,(H,15,16)(H,17,18). The van der Waals surface area contributed by atoms with Gasteiger partial charge in [0.2, 0.25) is 0 Å². The smallest absolute Gasteiger partial charge is 0.306 e. The minimum absolute atomic E-state index is 0.422. The number of aliphatic carboxylic acids is 1. The average Bonchev–Trinajstić information content (AvgIpc) is 2.78. The van der Waals surface area contributed by atoms with Crippen LogP contribution in [-0.4, -0.2) is 21.3 Å². The van der Waals surface area contributed by atoms with Crippen LogP contribution in [-0.2, 0) is 11.2 Å². The summed E-state index contributed by atoms with van der Waals surface area (Å²) in [5.74, 6) is -1.21. The molecule has 18 heavy (non-hydrogen) atoms. The molecule has 2 N–H and O–H groups in total. The predicted octanol–water partition coefficient (Wildman–Crippen LogP) is 2.65. The quantitative estimate of drug-likeness (QED) is 0.868. The number of hydrogen-bond acceptors (Lipinski definition) is 2. The molecule has 4 nitrogen and oxygen atoms in total. The van der Waals surface area contributed by atoms with Crippen LogP contribution >= 0.6 is 0 Å². The van der Waals surface area contributed by atoms with Crippen LogP contribution in [0.4, 0.5) is 0 Å². The molecule has 94 valence electrons. The maximum absolute atomic E-state index is 10.9. The van der Waals surface area contributed by atoms with Crippen LogP contribution in [0, 0.1) is 12.8 Å². The number of carboxylic acid groups (broad SMARTS) is 1. The first-order valence-electron chi connectivity index (χ1n) is 5.90. The molecular weight excluding hydrogens is 228 g/mol. The highest BCUT2D eigenvalue weighted by molar-refractivity contribution is 5.71. The van der Waals surface area contributed by atoms with Gasteiger partial charge in [0, 0.05) is 17.7 Å². The fraction of sp³-hybridized carbons (Fsp3) is 0.286. The average molecular weight is 244 g/mol. The first-order chi connectivity index (χ1) is 8.58. The summed E-state index contributed by atoms with van der Waals surface area (Å²) in [6, 6.07) is 8.11. The van der Waals surface area contributed by atoms with Gasteiger partial charge in [0.05, 0.1) is 12.1 Å². The maximum atomic E-state index is 10.9. The van der Waals surface area contributed by atoms with Crippen molar-refractivity contribution in [2.24, 2.45) is 5.92 Å². The molecule has 0 bridgehead atoms. The second kappa shape index (κ2) is 5.04. The third-order valence-electron chi connectivity index (χ3n) is 3.01. The zero-order valence-corrected chi connectivity index (χ0v) is 10.5. The number of carbonyl (C=O) groups is 1. The van der Waals surface area contributed by atoms with Crippen molar-refractivity contribution < 1.29 is 9.90 Å². The number of H-pyrrole nitrogens is 1. The van der Waals surface area contributed by atoms with Gasteiger partial charge in [-0.3, -0.25) is 9.89 Å². The molecule has 2 aromatic rings. The van der Waals surface area contributed by atoms with E-state index in [1.807, 2.05) is 31.2 Å². The van der Waals surface area contributed by atoms with Gasteiger partial charge in [-0.25, -0.2) is 0 Å². The van der Waals surface area contributed by atoms with Crippen molar-refractivity contribution >= 4 is 5.97 Å². The molecule has 0 saturated heterocycles. The van der Waals surface area contributed by atoms with E-state index in [-0.39, 0.29) is 0 Å². The van der Waals surface area contributed by atoms with Crippen molar-refractivity contribution in [1.82, 2.24) is 10.2 Å². The number of benzene rings is 1. The number of aromatic nitrogens is 2. The Morgan fingerprint density at radius 3 is 2.67 bits per heavy atom. The lowest BCUT2D eigenvalue weighted by Crippen LogP contribution is -2.12. The molecule has 4 heteroatoms. The van der Waals surface area contributed by atoms with Crippen LogP contribution in [0.3, 0.4) is 0 Å². The lowest BCUT2D eigenvalue weighted by atomic mass is 9.99. The molecule has 0 radical (unpaired) electrons. The third-order valence-corrected chi connectivity index (χ3v) is 3.01. The summed E-state index contributed by atoms with van der Waals surface area (Å²) in [5, 5.41) is 15.9. The summed E-state index contributed by atoms with van der Waals surface area (Å²) in [5.41, 5.74) is 4.10. The van der Waals surface area contributed by atoms with Crippen LogP contribution in [0.25, 0.3) is 11.1 Å². The number of hydrogen-bond donors (Lipinski definition) is 2. The summed E-state index contributed by atoms with van der Waals surface area (Å²) < 4.78 is 0. The summed E-state index contributed by atoms with van der Waals surface area (Å²) in [7, 11) is 0. The van der Waals surface area contributed by atoms with Gasteiger partial charge in [0.25, 0.3) is 0 Å². The van der Waals surface area contributed by atoms with E-state index >= 15 is 0 Å². The zero-order chi connectivity index (χ0) is 13.1. The molecular formula is C14H16N2O2. The van der Waals surface area contributed by atoms with E-state index in [0.717, 1.165) is 16.8 Å². The molecule has 0 saturated carbocycles. The SMILES string of the molecule is Cc1ccc(-c2cn[nH]c2CC(C)C(=O)O)cc1. The lowest BCUT2D eigenvalue weighted by Gasteiger charge is -2.07. The largest absolute Gasteiger partial charge is 0.481 e. The summed E-state index contributed by atoms with van der Waals surface area (Å²) in [4.78, 5) is 10.9. The fourth-order valence-electron chi connectivity index (χ4n) is 1.84. The number of rotatable bonds is 4. The third kappa shape index (κ3) is 2.59. The van der Waals surface area contributed by atoms with Gasteiger partial charge in [0.15, 0.2) is 0 Å². The Hall–Kier alpha value is -2.10. The molecule has 2 rings (SSSR count).